The highest BCUT2D eigenvalue weighted by molar-refractivity contribution is 4.94. The van der Waals surface area contributed by atoms with Crippen molar-refractivity contribution < 1.29 is 9.47 Å². The molecule has 0 aromatic carbocycles. The molecule has 0 aliphatic heterocycles. The quantitative estimate of drug-likeness (QED) is 0.679. The second-order valence-corrected chi connectivity index (χ2v) is 3.58. The molecule has 0 saturated heterocycles. The van der Waals surface area contributed by atoms with Crippen LogP contribution in [-0.2, 0) is 9.47 Å². The molecule has 0 aliphatic carbocycles. The third-order valence-corrected chi connectivity index (χ3v) is 3.37. The Hall–Kier alpha value is -0.0800. The Kier molecular flexibility index (Phi) is 10.1. The van der Waals surface area contributed by atoms with E-state index in [2.05, 4.69) is 27.7 Å². The topological polar surface area (TPSA) is 18.5 Å². The minimum Gasteiger partial charge on any atom is -0.376 e. The van der Waals surface area contributed by atoms with Gasteiger partial charge in [0, 0.05) is 14.2 Å². The lowest BCUT2D eigenvalue weighted by molar-refractivity contribution is -0.170. The van der Waals surface area contributed by atoms with Gasteiger partial charge in [0.15, 0.2) is 0 Å². The summed E-state index contributed by atoms with van der Waals surface area (Å²) >= 11 is 0. The molecule has 2 unspecified atom stereocenters. The minimum atomic E-state index is -0.184. The van der Waals surface area contributed by atoms with Crippen LogP contribution in [0.4, 0.5) is 0 Å². The first-order valence-electron chi connectivity index (χ1n) is 4.60. The number of hydrogen-bond acceptors (Lipinski definition) is 2. The Balaban J connectivity index is -0.000000605. The smallest absolute Gasteiger partial charge is 0.0933 e. The van der Waals surface area contributed by atoms with E-state index in [1.807, 2.05) is 0 Å². The van der Waals surface area contributed by atoms with Crippen LogP contribution in [0.1, 0.15) is 55.4 Å². The zero-order chi connectivity index (χ0) is 9.83. The van der Waals surface area contributed by atoms with E-state index in [-0.39, 0.29) is 26.1 Å². The maximum Gasteiger partial charge on any atom is 0.0933 e. The molecule has 0 N–H and O–H groups in total. The van der Waals surface area contributed by atoms with Crippen LogP contribution in [-0.4, -0.2) is 25.4 Å². The molecule has 90 valence electrons. The fourth-order valence-electron chi connectivity index (χ4n) is 1.47. The Morgan fingerprint density at radius 1 is 0.786 bits per heavy atom. The molecule has 0 aliphatic rings. The molecule has 0 amide bonds. The predicted molar refractivity (Wildman–Crippen MR) is 64.9 cm³/mol. The molecule has 2 atom stereocenters. The molecular weight excluding hydrogens is 176 g/mol. The lowest BCUT2D eigenvalue weighted by Crippen LogP contribution is -2.51. The molecule has 14 heavy (non-hydrogen) atoms. The second kappa shape index (κ2) is 7.24. The van der Waals surface area contributed by atoms with Crippen molar-refractivity contribution in [2.75, 3.05) is 14.2 Å². The van der Waals surface area contributed by atoms with Gasteiger partial charge in [-0.25, -0.2) is 0 Å². The van der Waals surface area contributed by atoms with Gasteiger partial charge >= 0.3 is 0 Å². The largest absolute Gasteiger partial charge is 0.376 e. The summed E-state index contributed by atoms with van der Waals surface area (Å²) in [6, 6.07) is 0. The van der Waals surface area contributed by atoms with Crippen molar-refractivity contribution in [2.24, 2.45) is 0 Å². The molecule has 0 bridgehead atoms. The molecule has 0 aromatic rings. The average Bonchev–Trinajstić information content (AvgIpc) is 2.15. The Labute approximate surface area is 91.0 Å². The summed E-state index contributed by atoms with van der Waals surface area (Å²) in [5, 5.41) is 0. The molecule has 2 nitrogen and oxygen atoms in total. The number of rotatable bonds is 5. The zero-order valence-corrected chi connectivity index (χ0v) is 9.23. The number of hydrogen-bond donors (Lipinski definition) is 0. The Morgan fingerprint density at radius 3 is 1.07 bits per heavy atom. The molecule has 0 saturated carbocycles. The average molecular weight is 206 g/mol. The highest BCUT2D eigenvalue weighted by atomic mass is 16.5. The van der Waals surface area contributed by atoms with E-state index < -0.39 is 0 Å². The van der Waals surface area contributed by atoms with Crippen molar-refractivity contribution in [3.8, 4) is 0 Å². The number of ether oxygens (including phenoxy) is 2. The van der Waals surface area contributed by atoms with E-state index in [0.29, 0.717) is 0 Å². The Bertz CT molecular complexity index is 108. The monoisotopic (exact) mass is 206 g/mol. The first-order valence-corrected chi connectivity index (χ1v) is 4.60. The summed E-state index contributed by atoms with van der Waals surface area (Å²) < 4.78 is 11.0. The fourth-order valence-corrected chi connectivity index (χ4v) is 1.47. The molecule has 0 radical (unpaired) electrons. The van der Waals surface area contributed by atoms with Gasteiger partial charge in [-0.3, -0.25) is 0 Å². The van der Waals surface area contributed by atoms with Crippen molar-refractivity contribution in [3.63, 3.8) is 0 Å². The van der Waals surface area contributed by atoms with Crippen molar-refractivity contribution in [3.05, 3.63) is 0 Å². The standard InChI is InChI=1S/C10H22O2.2CH4/c1-7-9(3,11-5)10(4,8-2)12-6;;/h7-8H2,1-6H3;2*1H4. The predicted octanol–water partition coefficient (Wildman–Crippen LogP) is 3.89. The normalized spacial score (nSPS) is 18.4. The van der Waals surface area contributed by atoms with Gasteiger partial charge in [0.25, 0.3) is 0 Å². The Morgan fingerprint density at radius 2 is 1.00 bits per heavy atom. The summed E-state index contributed by atoms with van der Waals surface area (Å²) in [5.41, 5.74) is -0.368. The lowest BCUT2D eigenvalue weighted by Gasteiger charge is -2.43. The maximum atomic E-state index is 5.51. The van der Waals surface area contributed by atoms with Gasteiger partial charge in [-0.2, -0.15) is 0 Å². The van der Waals surface area contributed by atoms with E-state index in [9.17, 15) is 0 Å². The van der Waals surface area contributed by atoms with E-state index >= 15 is 0 Å². The number of methoxy groups -OCH3 is 2. The minimum absolute atomic E-state index is 0. The zero-order valence-electron chi connectivity index (χ0n) is 9.23. The molecule has 2 heteroatoms. The summed E-state index contributed by atoms with van der Waals surface area (Å²) in [4.78, 5) is 0. The van der Waals surface area contributed by atoms with E-state index in [4.69, 9.17) is 9.47 Å². The summed E-state index contributed by atoms with van der Waals surface area (Å²) in [6.45, 7) is 8.44. The SMILES string of the molecule is C.C.CCC(C)(OC)C(C)(CC)OC. The third kappa shape index (κ3) is 3.25. The summed E-state index contributed by atoms with van der Waals surface area (Å²) in [7, 11) is 3.49. The maximum absolute atomic E-state index is 5.51. The van der Waals surface area contributed by atoms with Crippen molar-refractivity contribution >= 4 is 0 Å². The van der Waals surface area contributed by atoms with Crippen molar-refractivity contribution in [1.82, 2.24) is 0 Å². The summed E-state index contributed by atoms with van der Waals surface area (Å²) in [6.07, 6.45) is 1.92. The van der Waals surface area contributed by atoms with Gasteiger partial charge in [0.05, 0.1) is 11.2 Å². The van der Waals surface area contributed by atoms with Crippen molar-refractivity contribution in [2.45, 2.75) is 66.6 Å². The highest BCUT2D eigenvalue weighted by Gasteiger charge is 2.42. The van der Waals surface area contributed by atoms with Gasteiger partial charge in [-0.1, -0.05) is 28.7 Å². The van der Waals surface area contributed by atoms with Crippen LogP contribution < -0.4 is 0 Å². The molecular formula is C12H30O2. The van der Waals surface area contributed by atoms with Gasteiger partial charge in [-0.05, 0) is 26.7 Å². The van der Waals surface area contributed by atoms with Crippen molar-refractivity contribution in [1.29, 1.82) is 0 Å². The first-order chi connectivity index (χ1) is 5.49. The van der Waals surface area contributed by atoms with Crippen LogP contribution in [0.15, 0.2) is 0 Å². The van der Waals surface area contributed by atoms with E-state index in [1.54, 1.807) is 14.2 Å². The third-order valence-electron chi connectivity index (χ3n) is 3.37. The first kappa shape index (κ1) is 19.5. The van der Waals surface area contributed by atoms with E-state index in [1.165, 1.54) is 0 Å². The van der Waals surface area contributed by atoms with Gasteiger partial charge in [0.1, 0.15) is 0 Å². The van der Waals surface area contributed by atoms with Crippen LogP contribution in [0.3, 0.4) is 0 Å². The molecule has 0 rings (SSSR count). The van der Waals surface area contributed by atoms with Gasteiger partial charge in [-0.15, -0.1) is 0 Å². The lowest BCUT2D eigenvalue weighted by atomic mass is 9.81. The van der Waals surface area contributed by atoms with Crippen LogP contribution in [0.2, 0.25) is 0 Å². The fraction of sp³-hybridized carbons (Fsp3) is 1.00. The van der Waals surface area contributed by atoms with Crippen LogP contribution in [0, 0.1) is 0 Å². The molecule has 0 aromatic heterocycles. The second-order valence-electron chi connectivity index (χ2n) is 3.58. The highest BCUT2D eigenvalue weighted by Crippen LogP contribution is 2.34. The van der Waals surface area contributed by atoms with Crippen LogP contribution in [0.5, 0.6) is 0 Å². The van der Waals surface area contributed by atoms with Crippen LogP contribution in [0.25, 0.3) is 0 Å². The summed E-state index contributed by atoms with van der Waals surface area (Å²) in [5.74, 6) is 0. The van der Waals surface area contributed by atoms with Crippen LogP contribution >= 0.6 is 0 Å². The van der Waals surface area contributed by atoms with Gasteiger partial charge < -0.3 is 9.47 Å². The van der Waals surface area contributed by atoms with E-state index in [0.717, 1.165) is 12.8 Å². The van der Waals surface area contributed by atoms with Gasteiger partial charge in [0.2, 0.25) is 0 Å². The molecule has 0 fully saturated rings. The molecule has 0 heterocycles. The molecule has 0 spiro atoms.